The molecule has 0 unspecified atom stereocenters. The first kappa shape index (κ1) is 13.9. The molecule has 0 aliphatic carbocycles. The monoisotopic (exact) mass is 303 g/mol. The van der Waals surface area contributed by atoms with Crippen LogP contribution in [0.5, 0.6) is 5.75 Å². The molecule has 4 nitrogen and oxygen atoms in total. The zero-order valence-electron chi connectivity index (χ0n) is 12.0. The van der Waals surface area contributed by atoms with E-state index in [4.69, 9.17) is 4.74 Å². The summed E-state index contributed by atoms with van der Waals surface area (Å²) in [6, 6.07) is 12.7. The third kappa shape index (κ3) is 2.38. The molecule has 0 aromatic heterocycles. The number of aryl methyl sites for hydroxylation is 2. The van der Waals surface area contributed by atoms with Gasteiger partial charge in [0.15, 0.2) is 0 Å². The summed E-state index contributed by atoms with van der Waals surface area (Å²) in [5.74, 6) is 0.609. The van der Waals surface area contributed by atoms with E-state index in [1.807, 2.05) is 38.1 Å². The lowest BCUT2D eigenvalue weighted by Crippen LogP contribution is -2.38. The molecule has 2 aromatic carbocycles. The first-order chi connectivity index (χ1) is 10.00. The molecular weight excluding hydrogens is 286 g/mol. The summed E-state index contributed by atoms with van der Waals surface area (Å²) in [5, 5.41) is 0. The lowest BCUT2D eigenvalue weighted by molar-refractivity contribution is 0.316. The predicted molar refractivity (Wildman–Crippen MR) is 82.4 cm³/mol. The molecule has 0 spiro atoms. The van der Waals surface area contributed by atoms with Crippen LogP contribution < -0.4 is 9.04 Å². The summed E-state index contributed by atoms with van der Waals surface area (Å²) in [6.45, 7) is 4.40. The zero-order chi connectivity index (χ0) is 15.0. The molecule has 0 radical (unpaired) electrons. The number of hydrogen-bond donors (Lipinski definition) is 0. The number of benzene rings is 2. The maximum atomic E-state index is 13.0. The van der Waals surface area contributed by atoms with E-state index in [-0.39, 0.29) is 0 Å². The van der Waals surface area contributed by atoms with Crippen LogP contribution in [0.3, 0.4) is 0 Å². The molecule has 1 aliphatic heterocycles. The number of fused-ring (bicyclic) bond motifs is 1. The van der Waals surface area contributed by atoms with E-state index in [9.17, 15) is 8.42 Å². The normalized spacial score (nSPS) is 14.5. The van der Waals surface area contributed by atoms with Crippen molar-refractivity contribution in [3.05, 3.63) is 53.6 Å². The molecule has 2 aromatic rings. The molecule has 1 aliphatic rings. The van der Waals surface area contributed by atoms with Gasteiger partial charge in [0.05, 0.1) is 17.1 Å². The van der Waals surface area contributed by atoms with E-state index in [1.165, 1.54) is 4.31 Å². The number of nitrogens with zero attached hydrogens (tertiary/aromatic N) is 1. The number of para-hydroxylation sites is 2. The van der Waals surface area contributed by atoms with Gasteiger partial charge in [-0.15, -0.1) is 0 Å². The average molecular weight is 303 g/mol. The summed E-state index contributed by atoms with van der Waals surface area (Å²) in [6.07, 6.45) is 0. The van der Waals surface area contributed by atoms with E-state index in [0.29, 0.717) is 29.5 Å². The van der Waals surface area contributed by atoms with Gasteiger partial charge in [0.2, 0.25) is 0 Å². The third-order valence-corrected chi connectivity index (χ3v) is 5.55. The Labute approximate surface area is 125 Å². The Morgan fingerprint density at radius 1 is 1.10 bits per heavy atom. The van der Waals surface area contributed by atoms with Gasteiger partial charge in [0, 0.05) is 0 Å². The number of rotatable bonds is 2. The first-order valence-electron chi connectivity index (χ1n) is 6.82. The molecule has 5 heteroatoms. The van der Waals surface area contributed by atoms with Crippen LogP contribution in [0.15, 0.2) is 47.4 Å². The maximum Gasteiger partial charge on any atom is 0.264 e. The molecule has 0 bridgehead atoms. The van der Waals surface area contributed by atoms with Crippen LogP contribution in [-0.4, -0.2) is 21.6 Å². The van der Waals surface area contributed by atoms with Gasteiger partial charge < -0.3 is 4.74 Å². The highest BCUT2D eigenvalue weighted by molar-refractivity contribution is 7.92. The fourth-order valence-corrected chi connectivity index (χ4v) is 4.27. The number of anilines is 1. The highest BCUT2D eigenvalue weighted by Gasteiger charge is 2.30. The van der Waals surface area contributed by atoms with Crippen LogP contribution in [0.2, 0.25) is 0 Å². The van der Waals surface area contributed by atoms with Crippen LogP contribution in [0.4, 0.5) is 5.69 Å². The molecule has 3 rings (SSSR count). The van der Waals surface area contributed by atoms with Crippen molar-refractivity contribution in [3.8, 4) is 5.75 Å². The molecule has 0 N–H and O–H groups in total. The molecule has 0 atom stereocenters. The van der Waals surface area contributed by atoms with Crippen LogP contribution in [0.25, 0.3) is 0 Å². The molecule has 0 fully saturated rings. The van der Waals surface area contributed by atoms with Gasteiger partial charge in [0.25, 0.3) is 10.0 Å². The Balaban J connectivity index is 2.14. The smallest absolute Gasteiger partial charge is 0.264 e. The Morgan fingerprint density at radius 3 is 2.67 bits per heavy atom. The Morgan fingerprint density at radius 2 is 1.86 bits per heavy atom. The first-order valence-corrected chi connectivity index (χ1v) is 8.26. The number of ether oxygens (including phenoxy) is 1. The predicted octanol–water partition coefficient (Wildman–Crippen LogP) is 2.89. The summed E-state index contributed by atoms with van der Waals surface area (Å²) < 4.78 is 33.0. The van der Waals surface area contributed by atoms with Crippen LogP contribution in [0.1, 0.15) is 11.1 Å². The minimum Gasteiger partial charge on any atom is -0.489 e. The van der Waals surface area contributed by atoms with Crippen molar-refractivity contribution in [1.29, 1.82) is 0 Å². The fraction of sp³-hybridized carbons (Fsp3) is 0.250. The highest BCUT2D eigenvalue weighted by atomic mass is 32.2. The topological polar surface area (TPSA) is 46.6 Å². The standard InChI is InChI=1S/C16H17NO3S/c1-12-7-8-13(2)16(11-12)21(18,19)17-9-10-20-15-6-4-3-5-14(15)17/h3-8,11H,9-10H2,1-2H3. The van der Waals surface area contributed by atoms with Gasteiger partial charge in [-0.25, -0.2) is 8.42 Å². The van der Waals surface area contributed by atoms with Crippen molar-refractivity contribution >= 4 is 15.7 Å². The second-order valence-corrected chi connectivity index (χ2v) is 6.99. The Bertz CT molecular complexity index is 784. The van der Waals surface area contributed by atoms with Crippen LogP contribution >= 0.6 is 0 Å². The van der Waals surface area contributed by atoms with Gasteiger partial charge in [-0.1, -0.05) is 24.3 Å². The molecule has 0 saturated heterocycles. The molecule has 1 heterocycles. The molecule has 21 heavy (non-hydrogen) atoms. The minimum atomic E-state index is -3.58. The lowest BCUT2D eigenvalue weighted by Gasteiger charge is -2.30. The van der Waals surface area contributed by atoms with E-state index < -0.39 is 10.0 Å². The Kier molecular flexibility index (Phi) is 3.37. The quantitative estimate of drug-likeness (QED) is 0.857. The fourth-order valence-electron chi connectivity index (χ4n) is 2.50. The van der Waals surface area contributed by atoms with Crippen molar-refractivity contribution < 1.29 is 13.2 Å². The van der Waals surface area contributed by atoms with Gasteiger partial charge in [-0.2, -0.15) is 0 Å². The van der Waals surface area contributed by atoms with Gasteiger partial charge >= 0.3 is 0 Å². The molecule has 0 amide bonds. The van der Waals surface area contributed by atoms with E-state index in [1.54, 1.807) is 18.2 Å². The van der Waals surface area contributed by atoms with Gasteiger partial charge in [0.1, 0.15) is 12.4 Å². The minimum absolute atomic E-state index is 0.326. The second kappa shape index (κ2) is 5.07. The molecule has 110 valence electrons. The number of sulfonamides is 1. The van der Waals surface area contributed by atoms with Crippen molar-refractivity contribution in [3.63, 3.8) is 0 Å². The number of hydrogen-bond acceptors (Lipinski definition) is 3. The average Bonchev–Trinajstić information content (AvgIpc) is 2.49. The van der Waals surface area contributed by atoms with Gasteiger partial charge in [-0.05, 0) is 43.2 Å². The van der Waals surface area contributed by atoms with Crippen molar-refractivity contribution in [2.24, 2.45) is 0 Å². The van der Waals surface area contributed by atoms with Crippen molar-refractivity contribution in [2.45, 2.75) is 18.7 Å². The second-order valence-electron chi connectivity index (χ2n) is 5.16. The van der Waals surface area contributed by atoms with Crippen molar-refractivity contribution in [1.82, 2.24) is 0 Å². The van der Waals surface area contributed by atoms with Gasteiger partial charge in [-0.3, -0.25) is 4.31 Å². The lowest BCUT2D eigenvalue weighted by atomic mass is 10.2. The largest absolute Gasteiger partial charge is 0.489 e. The summed E-state index contributed by atoms with van der Waals surface area (Å²) >= 11 is 0. The maximum absolute atomic E-state index is 13.0. The summed E-state index contributed by atoms with van der Waals surface area (Å²) in [4.78, 5) is 0.360. The van der Waals surface area contributed by atoms with Crippen molar-refractivity contribution in [2.75, 3.05) is 17.5 Å². The third-order valence-electron chi connectivity index (χ3n) is 3.60. The van der Waals surface area contributed by atoms with E-state index in [2.05, 4.69) is 0 Å². The van der Waals surface area contributed by atoms with Crippen LogP contribution in [0, 0.1) is 13.8 Å². The van der Waals surface area contributed by atoms with E-state index >= 15 is 0 Å². The molecule has 0 saturated carbocycles. The molecular formula is C16H17NO3S. The Hall–Kier alpha value is -2.01. The van der Waals surface area contributed by atoms with Crippen LogP contribution in [-0.2, 0) is 10.0 Å². The summed E-state index contributed by atoms with van der Waals surface area (Å²) in [5.41, 5.74) is 2.29. The summed E-state index contributed by atoms with van der Waals surface area (Å²) in [7, 11) is -3.58. The SMILES string of the molecule is Cc1ccc(C)c(S(=O)(=O)N2CCOc3ccccc32)c1. The highest BCUT2D eigenvalue weighted by Crippen LogP contribution is 2.35. The zero-order valence-corrected chi connectivity index (χ0v) is 12.9. The van der Waals surface area contributed by atoms with E-state index in [0.717, 1.165) is 11.1 Å².